The second-order valence-corrected chi connectivity index (χ2v) is 7.54. The van der Waals surface area contributed by atoms with Crippen LogP contribution in [0.5, 0.6) is 0 Å². The minimum Gasteiger partial charge on any atom is -0.449 e. The molecule has 0 aromatic heterocycles. The molecule has 0 bridgehead atoms. The highest BCUT2D eigenvalue weighted by molar-refractivity contribution is 5.89. The number of unbranched alkanes of at least 4 members (excludes halogenated alkanes) is 12. The molecular formula is C22H40O6. The third kappa shape index (κ3) is 15.6. The summed E-state index contributed by atoms with van der Waals surface area (Å²) in [5.74, 6) is -2.44. The van der Waals surface area contributed by atoms with E-state index in [2.05, 4.69) is 16.4 Å². The number of rotatable bonds is 17. The van der Waals surface area contributed by atoms with Crippen LogP contribution in [0.1, 0.15) is 111 Å². The largest absolute Gasteiger partial charge is 0.449 e. The van der Waals surface area contributed by atoms with Crippen molar-refractivity contribution in [1.29, 1.82) is 0 Å². The number of aliphatic hydroxyl groups is 1. The lowest BCUT2D eigenvalue weighted by Crippen LogP contribution is -2.31. The second-order valence-electron chi connectivity index (χ2n) is 7.54. The predicted octanol–water partition coefficient (Wildman–Crippen LogP) is 4.85. The Morgan fingerprint density at radius 2 is 1.14 bits per heavy atom. The molecule has 0 radical (unpaired) electrons. The van der Waals surface area contributed by atoms with Crippen molar-refractivity contribution < 1.29 is 29.0 Å². The summed E-state index contributed by atoms with van der Waals surface area (Å²) in [5.41, 5.74) is 0. The third-order valence-corrected chi connectivity index (χ3v) is 4.66. The maximum atomic E-state index is 11.6. The van der Waals surface area contributed by atoms with Crippen molar-refractivity contribution in [2.24, 2.45) is 0 Å². The fourth-order valence-electron chi connectivity index (χ4n) is 2.85. The lowest BCUT2D eigenvalue weighted by Gasteiger charge is -2.12. The summed E-state index contributed by atoms with van der Waals surface area (Å²) in [4.78, 5) is 34.5. The van der Waals surface area contributed by atoms with Gasteiger partial charge in [0.05, 0.1) is 0 Å². The molecule has 2 atom stereocenters. The highest BCUT2D eigenvalue weighted by atomic mass is 16.6. The molecular weight excluding hydrogens is 360 g/mol. The number of hydrogen-bond donors (Lipinski definition) is 1. The maximum absolute atomic E-state index is 11.6. The molecule has 0 aromatic carbocycles. The Morgan fingerprint density at radius 3 is 1.57 bits per heavy atom. The molecule has 0 aliphatic carbocycles. The van der Waals surface area contributed by atoms with Crippen LogP contribution in [0.3, 0.4) is 0 Å². The van der Waals surface area contributed by atoms with Crippen LogP contribution >= 0.6 is 0 Å². The summed E-state index contributed by atoms with van der Waals surface area (Å²) in [5, 5.41) is 9.03. The van der Waals surface area contributed by atoms with Gasteiger partial charge in [-0.3, -0.25) is 4.79 Å². The van der Waals surface area contributed by atoms with Gasteiger partial charge in [0.2, 0.25) is 0 Å². The van der Waals surface area contributed by atoms with E-state index in [-0.39, 0.29) is 6.42 Å². The van der Waals surface area contributed by atoms with Gasteiger partial charge in [-0.2, -0.15) is 0 Å². The number of carbonyl (C=O) groups excluding carboxylic acids is 3. The van der Waals surface area contributed by atoms with Crippen LogP contribution in [0.2, 0.25) is 0 Å². The fourth-order valence-corrected chi connectivity index (χ4v) is 2.85. The van der Waals surface area contributed by atoms with Gasteiger partial charge in [-0.1, -0.05) is 84.0 Å². The van der Waals surface area contributed by atoms with E-state index < -0.39 is 30.1 Å². The highest BCUT2D eigenvalue weighted by Crippen LogP contribution is 2.13. The van der Waals surface area contributed by atoms with Crippen LogP contribution in [-0.2, 0) is 23.9 Å². The highest BCUT2D eigenvalue weighted by Gasteiger charge is 2.23. The smallest absolute Gasteiger partial charge is 0.354 e. The fraction of sp³-hybridized carbons (Fsp3) is 0.864. The molecule has 0 saturated heterocycles. The molecule has 28 heavy (non-hydrogen) atoms. The van der Waals surface area contributed by atoms with Crippen LogP contribution < -0.4 is 0 Å². The minimum atomic E-state index is -1.32. The molecule has 0 fully saturated rings. The SMILES string of the molecule is CCCCCCCCCCCCCCCC(=O)OC(=O)C(C)OC(=O)C(C)O. The van der Waals surface area contributed by atoms with Crippen molar-refractivity contribution in [3.8, 4) is 0 Å². The van der Waals surface area contributed by atoms with Gasteiger partial charge in [0.1, 0.15) is 6.10 Å². The number of ether oxygens (including phenoxy) is 2. The molecule has 0 rings (SSSR count). The molecule has 2 unspecified atom stereocenters. The van der Waals surface area contributed by atoms with Crippen molar-refractivity contribution in [1.82, 2.24) is 0 Å². The van der Waals surface area contributed by atoms with Gasteiger partial charge in [-0.25, -0.2) is 9.59 Å². The number of carbonyl (C=O) groups is 3. The summed E-state index contributed by atoms with van der Waals surface area (Å²) in [6.45, 7) is 4.78. The lowest BCUT2D eigenvalue weighted by atomic mass is 10.0. The Balaban J connectivity index is 3.52. The zero-order chi connectivity index (χ0) is 21.2. The average Bonchev–Trinajstić information content (AvgIpc) is 2.65. The quantitative estimate of drug-likeness (QED) is 0.213. The molecule has 0 aliphatic rings. The average molecular weight is 401 g/mol. The first-order valence-electron chi connectivity index (χ1n) is 11.0. The summed E-state index contributed by atoms with van der Waals surface area (Å²) < 4.78 is 9.34. The number of hydrogen-bond acceptors (Lipinski definition) is 6. The topological polar surface area (TPSA) is 89.9 Å². The Kier molecular flexibility index (Phi) is 16.8. The summed E-state index contributed by atoms with van der Waals surface area (Å²) in [7, 11) is 0. The Bertz CT molecular complexity index is 433. The van der Waals surface area contributed by atoms with E-state index in [0.717, 1.165) is 12.8 Å². The van der Waals surface area contributed by atoms with Crippen LogP contribution in [0.25, 0.3) is 0 Å². The van der Waals surface area contributed by atoms with Gasteiger partial charge in [-0.15, -0.1) is 0 Å². The number of esters is 3. The van der Waals surface area contributed by atoms with E-state index >= 15 is 0 Å². The first-order valence-corrected chi connectivity index (χ1v) is 11.0. The van der Waals surface area contributed by atoms with Crippen LogP contribution in [-0.4, -0.2) is 35.2 Å². The molecule has 0 spiro atoms. The molecule has 0 saturated carbocycles. The zero-order valence-electron chi connectivity index (χ0n) is 18.0. The molecule has 0 amide bonds. The van der Waals surface area contributed by atoms with Crippen LogP contribution in [0.15, 0.2) is 0 Å². The van der Waals surface area contributed by atoms with Crippen molar-refractivity contribution in [3.63, 3.8) is 0 Å². The first-order chi connectivity index (χ1) is 13.4. The maximum Gasteiger partial charge on any atom is 0.354 e. The predicted molar refractivity (Wildman–Crippen MR) is 109 cm³/mol. The van der Waals surface area contributed by atoms with Gasteiger partial charge in [0.15, 0.2) is 6.10 Å². The summed E-state index contributed by atoms with van der Waals surface area (Å²) in [6, 6.07) is 0. The monoisotopic (exact) mass is 400 g/mol. The van der Waals surface area contributed by atoms with E-state index in [4.69, 9.17) is 5.11 Å². The molecule has 6 heteroatoms. The van der Waals surface area contributed by atoms with Crippen molar-refractivity contribution in [2.45, 2.75) is 123 Å². The Hall–Kier alpha value is -1.43. The Labute approximate surface area is 170 Å². The lowest BCUT2D eigenvalue weighted by molar-refractivity contribution is -0.176. The van der Waals surface area contributed by atoms with Gasteiger partial charge in [-0.05, 0) is 20.3 Å². The molecule has 0 heterocycles. The zero-order valence-corrected chi connectivity index (χ0v) is 18.0. The Morgan fingerprint density at radius 1 is 0.714 bits per heavy atom. The molecule has 0 aliphatic heterocycles. The van der Waals surface area contributed by atoms with E-state index in [0.29, 0.717) is 6.42 Å². The van der Waals surface area contributed by atoms with Crippen LogP contribution in [0, 0.1) is 0 Å². The van der Waals surface area contributed by atoms with Gasteiger partial charge < -0.3 is 14.6 Å². The summed E-state index contributed by atoms with van der Waals surface area (Å²) in [6.07, 6.45) is 13.5. The normalized spacial score (nSPS) is 13.0. The van der Waals surface area contributed by atoms with Crippen molar-refractivity contribution in [3.05, 3.63) is 0 Å². The van der Waals surface area contributed by atoms with Crippen molar-refractivity contribution >= 4 is 17.9 Å². The molecule has 164 valence electrons. The van der Waals surface area contributed by atoms with E-state index in [1.807, 2.05) is 0 Å². The van der Waals surface area contributed by atoms with Gasteiger partial charge >= 0.3 is 17.9 Å². The third-order valence-electron chi connectivity index (χ3n) is 4.66. The summed E-state index contributed by atoms with van der Waals surface area (Å²) >= 11 is 0. The standard InChI is InChI=1S/C22H40O6/c1-4-5-6-7-8-9-10-11-12-13-14-15-16-17-20(24)28-22(26)19(3)27-21(25)18(2)23/h18-19,23H,4-17H2,1-3H3. The molecule has 1 N–H and O–H groups in total. The van der Waals surface area contributed by atoms with E-state index in [9.17, 15) is 14.4 Å². The van der Waals surface area contributed by atoms with Gasteiger partial charge in [0, 0.05) is 6.42 Å². The molecule has 6 nitrogen and oxygen atoms in total. The second kappa shape index (κ2) is 17.7. The number of aliphatic hydroxyl groups excluding tert-OH is 1. The van der Waals surface area contributed by atoms with E-state index in [1.54, 1.807) is 0 Å². The minimum absolute atomic E-state index is 0.181. The molecule has 0 aromatic rings. The van der Waals surface area contributed by atoms with Crippen LogP contribution in [0.4, 0.5) is 0 Å². The van der Waals surface area contributed by atoms with Crippen molar-refractivity contribution in [2.75, 3.05) is 0 Å². The van der Waals surface area contributed by atoms with Gasteiger partial charge in [0.25, 0.3) is 0 Å². The van der Waals surface area contributed by atoms with E-state index in [1.165, 1.54) is 78.1 Å². The first kappa shape index (κ1) is 26.6.